The monoisotopic (exact) mass is 249 g/mol. The number of carbonyl (C=O) groups excluding carboxylic acids is 2. The Morgan fingerprint density at radius 3 is 2.39 bits per heavy atom. The molecule has 0 spiro atoms. The summed E-state index contributed by atoms with van der Waals surface area (Å²) < 4.78 is 0. The van der Waals surface area contributed by atoms with Crippen molar-refractivity contribution in [3.63, 3.8) is 0 Å². The molecule has 0 saturated carbocycles. The first-order valence-corrected chi connectivity index (χ1v) is 6.00. The van der Waals surface area contributed by atoms with Gasteiger partial charge in [0.1, 0.15) is 6.42 Å². The molecule has 0 atom stereocenters. The van der Waals surface area contributed by atoms with Crippen LogP contribution < -0.4 is 10.6 Å². The van der Waals surface area contributed by atoms with E-state index in [-0.39, 0.29) is 18.2 Å². The van der Waals surface area contributed by atoms with Gasteiger partial charge in [0, 0.05) is 25.5 Å². The topological polar surface area (TPSA) is 71.1 Å². The van der Waals surface area contributed by atoms with E-state index in [2.05, 4.69) is 15.6 Å². The van der Waals surface area contributed by atoms with Crippen LogP contribution in [0, 0.1) is 5.92 Å². The molecule has 0 saturated heterocycles. The average molecular weight is 249 g/mol. The number of pyridine rings is 1. The molecule has 2 N–H and O–H groups in total. The Kier molecular flexibility index (Phi) is 5.84. The van der Waals surface area contributed by atoms with E-state index in [1.165, 1.54) is 0 Å². The van der Waals surface area contributed by atoms with Crippen LogP contribution in [0.3, 0.4) is 0 Å². The summed E-state index contributed by atoms with van der Waals surface area (Å²) in [5.74, 6) is -0.127. The minimum absolute atomic E-state index is 0.127. The summed E-state index contributed by atoms with van der Waals surface area (Å²) in [5.41, 5.74) is 0.959. The standard InChI is InChI=1S/C13H19N3O2/c1-10(2)8-15-12(17)7-13(18)16-9-11-3-5-14-6-4-11/h3-6,10H,7-9H2,1-2H3,(H,15,17)(H,16,18). The number of nitrogens with zero attached hydrogens (tertiary/aromatic N) is 1. The highest BCUT2D eigenvalue weighted by Gasteiger charge is 2.08. The molecule has 18 heavy (non-hydrogen) atoms. The van der Waals surface area contributed by atoms with Gasteiger partial charge in [-0.1, -0.05) is 13.8 Å². The number of hydrogen-bond donors (Lipinski definition) is 2. The van der Waals surface area contributed by atoms with Crippen LogP contribution in [-0.4, -0.2) is 23.3 Å². The van der Waals surface area contributed by atoms with Gasteiger partial charge in [0.25, 0.3) is 0 Å². The van der Waals surface area contributed by atoms with Gasteiger partial charge in [-0.05, 0) is 23.6 Å². The van der Waals surface area contributed by atoms with E-state index in [9.17, 15) is 9.59 Å². The maximum absolute atomic E-state index is 11.5. The van der Waals surface area contributed by atoms with E-state index in [1.807, 2.05) is 26.0 Å². The fourth-order valence-corrected chi connectivity index (χ4v) is 1.29. The zero-order chi connectivity index (χ0) is 13.4. The second kappa shape index (κ2) is 7.42. The minimum atomic E-state index is -0.270. The normalized spacial score (nSPS) is 10.2. The molecule has 1 heterocycles. The van der Waals surface area contributed by atoms with Gasteiger partial charge >= 0.3 is 0 Å². The second-order valence-corrected chi connectivity index (χ2v) is 4.51. The highest BCUT2D eigenvalue weighted by Crippen LogP contribution is 1.95. The zero-order valence-electron chi connectivity index (χ0n) is 10.8. The third-order valence-corrected chi connectivity index (χ3v) is 2.27. The first-order chi connectivity index (χ1) is 8.58. The van der Waals surface area contributed by atoms with Crippen molar-refractivity contribution >= 4 is 11.8 Å². The van der Waals surface area contributed by atoms with Crippen LogP contribution in [0.2, 0.25) is 0 Å². The van der Waals surface area contributed by atoms with Gasteiger partial charge in [0.2, 0.25) is 11.8 Å². The molecule has 0 aliphatic carbocycles. The van der Waals surface area contributed by atoms with Crippen molar-refractivity contribution in [2.75, 3.05) is 6.54 Å². The van der Waals surface area contributed by atoms with E-state index in [0.29, 0.717) is 19.0 Å². The maximum Gasteiger partial charge on any atom is 0.229 e. The zero-order valence-corrected chi connectivity index (χ0v) is 10.8. The lowest BCUT2D eigenvalue weighted by molar-refractivity contribution is -0.129. The van der Waals surface area contributed by atoms with Crippen LogP contribution in [0.4, 0.5) is 0 Å². The van der Waals surface area contributed by atoms with Crippen LogP contribution >= 0.6 is 0 Å². The smallest absolute Gasteiger partial charge is 0.229 e. The van der Waals surface area contributed by atoms with Gasteiger partial charge in [-0.2, -0.15) is 0 Å². The fourth-order valence-electron chi connectivity index (χ4n) is 1.29. The lowest BCUT2D eigenvalue weighted by Gasteiger charge is -2.08. The quantitative estimate of drug-likeness (QED) is 0.735. The summed E-state index contributed by atoms with van der Waals surface area (Å²) in [6.07, 6.45) is 3.20. The lowest BCUT2D eigenvalue weighted by Crippen LogP contribution is -2.33. The summed E-state index contributed by atoms with van der Waals surface area (Å²) >= 11 is 0. The number of carbonyl (C=O) groups is 2. The van der Waals surface area contributed by atoms with E-state index in [4.69, 9.17) is 0 Å². The molecule has 5 heteroatoms. The molecule has 1 rings (SSSR count). The molecule has 0 fully saturated rings. The van der Waals surface area contributed by atoms with E-state index in [0.717, 1.165) is 5.56 Å². The molecule has 0 aliphatic rings. The van der Waals surface area contributed by atoms with Crippen LogP contribution in [0.1, 0.15) is 25.8 Å². The van der Waals surface area contributed by atoms with Gasteiger partial charge in [0.15, 0.2) is 0 Å². The first-order valence-electron chi connectivity index (χ1n) is 6.00. The number of rotatable bonds is 6. The molecule has 1 aromatic rings. The molecule has 98 valence electrons. The summed E-state index contributed by atoms with van der Waals surface area (Å²) in [6, 6.07) is 3.64. The highest BCUT2D eigenvalue weighted by atomic mass is 16.2. The Hall–Kier alpha value is -1.91. The SMILES string of the molecule is CC(C)CNC(=O)CC(=O)NCc1ccncc1. The molecule has 0 aliphatic heterocycles. The van der Waals surface area contributed by atoms with Crippen LogP contribution in [0.25, 0.3) is 0 Å². The third kappa shape index (κ3) is 5.98. The Morgan fingerprint density at radius 2 is 1.78 bits per heavy atom. The van der Waals surface area contributed by atoms with Crippen LogP contribution in [0.5, 0.6) is 0 Å². The van der Waals surface area contributed by atoms with E-state index in [1.54, 1.807) is 12.4 Å². The molecule has 2 amide bonds. The van der Waals surface area contributed by atoms with Gasteiger partial charge in [-0.3, -0.25) is 14.6 Å². The molecular formula is C13H19N3O2. The molecule has 5 nitrogen and oxygen atoms in total. The van der Waals surface area contributed by atoms with Crippen molar-refractivity contribution in [2.24, 2.45) is 5.92 Å². The molecular weight excluding hydrogens is 230 g/mol. The molecule has 0 bridgehead atoms. The Morgan fingerprint density at radius 1 is 1.17 bits per heavy atom. The van der Waals surface area contributed by atoms with Crippen molar-refractivity contribution in [2.45, 2.75) is 26.8 Å². The highest BCUT2D eigenvalue weighted by molar-refractivity contribution is 5.96. The lowest BCUT2D eigenvalue weighted by atomic mass is 10.2. The average Bonchev–Trinajstić information content (AvgIpc) is 2.35. The molecule has 1 aromatic heterocycles. The predicted octanol–water partition coefficient (Wildman–Crippen LogP) is 0.860. The van der Waals surface area contributed by atoms with Gasteiger partial charge in [0.05, 0.1) is 0 Å². The minimum Gasteiger partial charge on any atom is -0.355 e. The van der Waals surface area contributed by atoms with Crippen molar-refractivity contribution in [1.29, 1.82) is 0 Å². The molecule has 0 unspecified atom stereocenters. The van der Waals surface area contributed by atoms with Crippen molar-refractivity contribution in [3.8, 4) is 0 Å². The fraction of sp³-hybridized carbons (Fsp3) is 0.462. The predicted molar refractivity (Wildman–Crippen MR) is 68.5 cm³/mol. The number of amides is 2. The first kappa shape index (κ1) is 14.2. The Labute approximate surface area is 107 Å². The maximum atomic E-state index is 11.5. The molecule has 0 aromatic carbocycles. The summed E-state index contributed by atoms with van der Waals surface area (Å²) in [7, 11) is 0. The summed E-state index contributed by atoms with van der Waals surface area (Å²) in [5, 5.41) is 5.39. The van der Waals surface area contributed by atoms with Gasteiger partial charge < -0.3 is 10.6 Å². The van der Waals surface area contributed by atoms with Crippen LogP contribution in [0.15, 0.2) is 24.5 Å². The largest absolute Gasteiger partial charge is 0.355 e. The van der Waals surface area contributed by atoms with Crippen molar-refractivity contribution in [3.05, 3.63) is 30.1 Å². The second-order valence-electron chi connectivity index (χ2n) is 4.51. The van der Waals surface area contributed by atoms with Gasteiger partial charge in [-0.25, -0.2) is 0 Å². The number of aromatic nitrogens is 1. The van der Waals surface area contributed by atoms with E-state index >= 15 is 0 Å². The molecule has 0 radical (unpaired) electrons. The Bertz CT molecular complexity index is 390. The summed E-state index contributed by atoms with van der Waals surface area (Å²) in [4.78, 5) is 26.8. The third-order valence-electron chi connectivity index (χ3n) is 2.27. The van der Waals surface area contributed by atoms with Crippen molar-refractivity contribution < 1.29 is 9.59 Å². The van der Waals surface area contributed by atoms with Gasteiger partial charge in [-0.15, -0.1) is 0 Å². The van der Waals surface area contributed by atoms with E-state index < -0.39 is 0 Å². The summed E-state index contributed by atoms with van der Waals surface area (Å²) in [6.45, 7) is 5.02. The number of hydrogen-bond acceptors (Lipinski definition) is 3. The van der Waals surface area contributed by atoms with Crippen LogP contribution in [-0.2, 0) is 16.1 Å². The number of nitrogens with one attached hydrogen (secondary N) is 2. The Balaban J connectivity index is 2.23. The van der Waals surface area contributed by atoms with Crippen molar-refractivity contribution in [1.82, 2.24) is 15.6 Å².